The number of ketones is 1. The van der Waals surface area contributed by atoms with Crippen LogP contribution in [0.5, 0.6) is 0 Å². The summed E-state index contributed by atoms with van der Waals surface area (Å²) in [4.78, 5) is 13.1. The molecule has 1 N–H and O–H groups in total. The van der Waals surface area contributed by atoms with E-state index in [1.54, 1.807) is 0 Å². The van der Waals surface area contributed by atoms with E-state index in [0.29, 0.717) is 11.2 Å². The Labute approximate surface area is 158 Å². The number of nitrogens with one attached hydrogen (secondary N) is 1. The number of benzene rings is 1. The molecule has 0 bridgehead atoms. The van der Waals surface area contributed by atoms with Gasteiger partial charge in [-0.25, -0.2) is 0 Å². The van der Waals surface area contributed by atoms with Crippen LogP contribution in [0.25, 0.3) is 0 Å². The molecule has 140 valence electrons. The Balaban J connectivity index is 2.55. The van der Waals surface area contributed by atoms with Gasteiger partial charge in [0.05, 0.1) is 0 Å². The van der Waals surface area contributed by atoms with Crippen molar-refractivity contribution >= 4 is 17.5 Å². The highest BCUT2D eigenvalue weighted by molar-refractivity contribution is 8.00. The van der Waals surface area contributed by atoms with Crippen LogP contribution in [0, 0.1) is 11.8 Å². The van der Waals surface area contributed by atoms with Gasteiger partial charge >= 0.3 is 0 Å². The van der Waals surface area contributed by atoms with Gasteiger partial charge in [-0.1, -0.05) is 53.3 Å². The maximum absolute atomic E-state index is 11.8. The second-order valence-electron chi connectivity index (χ2n) is 7.09. The molecule has 0 radical (unpaired) electrons. The van der Waals surface area contributed by atoms with Crippen LogP contribution in [0.15, 0.2) is 41.8 Å². The molecule has 3 heteroatoms. The van der Waals surface area contributed by atoms with Crippen molar-refractivity contribution < 1.29 is 4.79 Å². The van der Waals surface area contributed by atoms with Gasteiger partial charge < -0.3 is 5.32 Å². The van der Waals surface area contributed by atoms with Gasteiger partial charge in [-0.15, -0.1) is 11.8 Å². The lowest BCUT2D eigenvalue weighted by atomic mass is 9.86. The molecule has 1 rings (SSSR count). The van der Waals surface area contributed by atoms with E-state index in [9.17, 15) is 4.79 Å². The van der Waals surface area contributed by atoms with Gasteiger partial charge in [0.2, 0.25) is 0 Å². The third kappa shape index (κ3) is 7.37. The van der Waals surface area contributed by atoms with Crippen LogP contribution in [0.3, 0.4) is 0 Å². The van der Waals surface area contributed by atoms with Crippen molar-refractivity contribution in [3.05, 3.63) is 42.5 Å². The van der Waals surface area contributed by atoms with E-state index in [2.05, 4.69) is 63.9 Å². The minimum atomic E-state index is -0.0226. The van der Waals surface area contributed by atoms with Gasteiger partial charge in [0.15, 0.2) is 5.78 Å². The quantitative estimate of drug-likeness (QED) is 0.295. The highest BCUT2D eigenvalue weighted by Gasteiger charge is 2.19. The first-order valence-corrected chi connectivity index (χ1v) is 10.4. The van der Waals surface area contributed by atoms with Gasteiger partial charge in [-0.2, -0.15) is 0 Å². The fourth-order valence-corrected chi connectivity index (χ4v) is 3.86. The van der Waals surface area contributed by atoms with Crippen LogP contribution in [0.4, 0.5) is 0 Å². The van der Waals surface area contributed by atoms with Crippen LogP contribution in [0.1, 0.15) is 58.9 Å². The molecule has 0 aliphatic heterocycles. The second-order valence-corrected chi connectivity index (χ2v) is 8.54. The molecule has 0 aromatic heterocycles. The van der Waals surface area contributed by atoms with Gasteiger partial charge in [-0.05, 0) is 61.5 Å². The predicted molar refractivity (Wildman–Crippen MR) is 111 cm³/mol. The first-order valence-electron chi connectivity index (χ1n) is 9.54. The number of thioether (sulfide) groups is 1. The summed E-state index contributed by atoms with van der Waals surface area (Å²) in [7, 11) is 0. The molecule has 4 atom stereocenters. The third-order valence-corrected chi connectivity index (χ3v) is 6.51. The van der Waals surface area contributed by atoms with Crippen LogP contribution in [-0.2, 0) is 4.79 Å². The Morgan fingerprint density at radius 2 is 1.80 bits per heavy atom. The molecule has 1 aromatic rings. The fraction of sp³-hybridized carbons (Fsp3) is 0.591. The Hall–Kier alpha value is -1.06. The van der Waals surface area contributed by atoms with Crippen molar-refractivity contribution in [2.45, 2.75) is 63.5 Å². The van der Waals surface area contributed by atoms with Gasteiger partial charge in [0, 0.05) is 16.1 Å². The van der Waals surface area contributed by atoms with E-state index in [4.69, 9.17) is 0 Å². The molecule has 0 fully saturated rings. The average Bonchev–Trinajstić information content (AvgIpc) is 2.63. The van der Waals surface area contributed by atoms with E-state index in [1.165, 1.54) is 29.4 Å². The summed E-state index contributed by atoms with van der Waals surface area (Å²) >= 11 is 1.94. The van der Waals surface area contributed by atoms with Crippen molar-refractivity contribution in [1.29, 1.82) is 0 Å². The number of hydrogen-bond donors (Lipinski definition) is 1. The van der Waals surface area contributed by atoms with Crippen molar-refractivity contribution in [1.82, 2.24) is 5.32 Å². The lowest BCUT2D eigenvalue weighted by Gasteiger charge is -2.21. The molecule has 4 unspecified atom stereocenters. The topological polar surface area (TPSA) is 29.1 Å². The van der Waals surface area contributed by atoms with Crippen LogP contribution >= 0.6 is 11.8 Å². The minimum Gasteiger partial charge on any atom is -0.317 e. The zero-order valence-electron chi connectivity index (χ0n) is 16.5. The maximum Gasteiger partial charge on any atom is 0.158 e. The molecule has 25 heavy (non-hydrogen) atoms. The van der Waals surface area contributed by atoms with Crippen LogP contribution in [0.2, 0.25) is 0 Å². The second kappa shape index (κ2) is 11.5. The molecule has 1 aromatic carbocycles. The van der Waals surface area contributed by atoms with Crippen molar-refractivity contribution in [3.8, 4) is 0 Å². The van der Waals surface area contributed by atoms with Gasteiger partial charge in [0.1, 0.15) is 0 Å². The normalized spacial score (nSPS) is 16.0. The van der Waals surface area contributed by atoms with E-state index >= 15 is 0 Å². The monoisotopic (exact) mass is 361 g/mol. The summed E-state index contributed by atoms with van der Waals surface area (Å²) in [6.45, 7) is 16.8. The number of carbonyl (C=O) groups is 1. The fourth-order valence-electron chi connectivity index (χ4n) is 2.77. The van der Waals surface area contributed by atoms with Crippen LogP contribution in [-0.4, -0.2) is 24.1 Å². The van der Waals surface area contributed by atoms with Gasteiger partial charge in [0.25, 0.3) is 0 Å². The maximum atomic E-state index is 11.8. The summed E-state index contributed by atoms with van der Waals surface area (Å²) in [5, 5.41) is 4.08. The largest absolute Gasteiger partial charge is 0.317 e. The van der Waals surface area contributed by atoms with E-state index in [1.807, 2.05) is 18.7 Å². The first kappa shape index (κ1) is 22.0. The number of rotatable bonds is 12. The smallest absolute Gasteiger partial charge is 0.158 e. The van der Waals surface area contributed by atoms with Crippen molar-refractivity contribution in [2.24, 2.45) is 11.8 Å². The highest BCUT2D eigenvalue weighted by Crippen LogP contribution is 2.31. The minimum absolute atomic E-state index is 0.0226. The molecule has 0 saturated heterocycles. The number of hydrogen-bond acceptors (Lipinski definition) is 3. The summed E-state index contributed by atoms with van der Waals surface area (Å²) in [6.07, 6.45) is 3.84. The molecule has 0 heterocycles. The average molecular weight is 362 g/mol. The van der Waals surface area contributed by atoms with E-state index in [0.717, 1.165) is 13.1 Å². The molecule has 0 saturated carbocycles. The molecular weight excluding hydrogens is 326 g/mol. The Kier molecular flexibility index (Phi) is 10.1. The first-order chi connectivity index (χ1) is 11.9. The van der Waals surface area contributed by atoms with E-state index < -0.39 is 0 Å². The molecule has 2 nitrogen and oxygen atoms in total. The lowest BCUT2D eigenvalue weighted by molar-refractivity contribution is -0.118. The highest BCUT2D eigenvalue weighted by atomic mass is 32.2. The SMILES string of the molecule is C=CC(=O)C(C)C(C)c1ccc(SC(C)C(C)CCNCCC)cc1. The van der Waals surface area contributed by atoms with Crippen molar-refractivity contribution in [2.75, 3.05) is 13.1 Å². The Bertz CT molecular complexity index is 525. The Morgan fingerprint density at radius 1 is 1.16 bits per heavy atom. The Morgan fingerprint density at radius 3 is 2.36 bits per heavy atom. The number of allylic oxidation sites excluding steroid dienone is 1. The van der Waals surface area contributed by atoms with E-state index in [-0.39, 0.29) is 17.6 Å². The van der Waals surface area contributed by atoms with Crippen molar-refractivity contribution in [3.63, 3.8) is 0 Å². The lowest BCUT2D eigenvalue weighted by Crippen LogP contribution is -2.21. The van der Waals surface area contributed by atoms with Crippen LogP contribution < -0.4 is 5.32 Å². The summed E-state index contributed by atoms with van der Waals surface area (Å²) in [5.41, 5.74) is 1.22. The summed E-state index contributed by atoms with van der Waals surface area (Å²) in [6, 6.07) is 8.72. The standard InChI is InChI=1S/C22H35NOS/c1-7-14-23-15-13-16(3)19(6)25-21-11-9-20(10-12-21)17(4)18(5)22(24)8-2/h8-12,16-19,23H,2,7,13-15H2,1,3-6H3. The molecule has 0 aliphatic rings. The number of carbonyl (C=O) groups excluding carboxylic acids is 1. The molecule has 0 spiro atoms. The molecule has 0 amide bonds. The summed E-state index contributed by atoms with van der Waals surface area (Å²) < 4.78 is 0. The predicted octanol–water partition coefficient (Wildman–Crippen LogP) is 5.69. The zero-order valence-corrected chi connectivity index (χ0v) is 17.4. The third-order valence-electron chi connectivity index (χ3n) is 5.13. The zero-order chi connectivity index (χ0) is 18.8. The summed E-state index contributed by atoms with van der Waals surface area (Å²) in [5.74, 6) is 0.986. The molecule has 0 aliphatic carbocycles. The molecular formula is C22H35NOS. The van der Waals surface area contributed by atoms with Gasteiger partial charge in [-0.3, -0.25) is 4.79 Å².